The summed E-state index contributed by atoms with van der Waals surface area (Å²) in [7, 11) is -2.18. The molecule has 4 nitrogen and oxygen atoms in total. The van der Waals surface area contributed by atoms with Crippen molar-refractivity contribution in [1.82, 2.24) is 9.47 Å². The lowest BCUT2D eigenvalue weighted by atomic mass is 9.96. The molecule has 0 aliphatic carbocycles. The molecule has 2 fully saturated rings. The first kappa shape index (κ1) is 15.7. The zero-order chi connectivity index (χ0) is 14.1. The van der Waals surface area contributed by atoms with Crippen LogP contribution in [-0.4, -0.2) is 59.9 Å². The van der Waals surface area contributed by atoms with Gasteiger partial charge in [0.2, 0.25) is 0 Å². The van der Waals surface area contributed by atoms with Crippen LogP contribution in [0.25, 0.3) is 0 Å². The van der Waals surface area contributed by atoms with Crippen LogP contribution in [0.2, 0.25) is 12.6 Å². The standard InChI is InChI=1S/C13H30N2O2Si2/c1-6-14-10-16-19(5,17-11-14)12(13(2,3)4)15-8-7-9-18-15/h12H,6-11,18H2,1-5H3. The molecular weight excluding hydrogens is 272 g/mol. The van der Waals surface area contributed by atoms with Crippen molar-refractivity contribution in [1.29, 1.82) is 0 Å². The minimum Gasteiger partial charge on any atom is -0.380 e. The molecule has 0 bridgehead atoms. The maximum Gasteiger partial charge on any atom is 0.354 e. The van der Waals surface area contributed by atoms with Gasteiger partial charge in [-0.15, -0.1) is 0 Å². The fourth-order valence-corrected chi connectivity index (χ4v) is 10.7. The second kappa shape index (κ2) is 5.95. The number of nitrogens with zero attached hydrogens (tertiary/aromatic N) is 2. The minimum atomic E-state index is -2.11. The van der Waals surface area contributed by atoms with Gasteiger partial charge in [-0.2, -0.15) is 0 Å². The van der Waals surface area contributed by atoms with Crippen molar-refractivity contribution in [2.45, 2.75) is 52.4 Å². The Kier molecular flexibility index (Phi) is 4.90. The van der Waals surface area contributed by atoms with E-state index in [0.29, 0.717) is 5.67 Å². The van der Waals surface area contributed by atoms with E-state index in [-0.39, 0.29) is 15.1 Å². The lowest BCUT2D eigenvalue weighted by Crippen LogP contribution is -2.67. The Labute approximate surface area is 121 Å². The monoisotopic (exact) mass is 302 g/mol. The van der Waals surface area contributed by atoms with Gasteiger partial charge in [0.15, 0.2) is 0 Å². The summed E-state index contributed by atoms with van der Waals surface area (Å²) in [5.74, 6) is 0. The van der Waals surface area contributed by atoms with Crippen LogP contribution < -0.4 is 0 Å². The van der Waals surface area contributed by atoms with Gasteiger partial charge in [0.25, 0.3) is 0 Å². The lowest BCUT2D eigenvalue weighted by molar-refractivity contribution is -0.0432. The molecule has 19 heavy (non-hydrogen) atoms. The smallest absolute Gasteiger partial charge is 0.354 e. The molecule has 0 aromatic rings. The number of rotatable bonds is 3. The SMILES string of the molecule is CCN1CO[Si](C)(C(N2CCC[SiH2]2)C(C)(C)C)OC1. The van der Waals surface area contributed by atoms with Gasteiger partial charge in [-0.05, 0) is 37.5 Å². The molecule has 112 valence electrons. The van der Waals surface area contributed by atoms with Gasteiger partial charge in [-0.3, -0.25) is 4.90 Å². The van der Waals surface area contributed by atoms with Gasteiger partial charge in [0.1, 0.15) is 0 Å². The lowest BCUT2D eigenvalue weighted by Gasteiger charge is -2.49. The third kappa shape index (κ3) is 3.48. The Hall–Kier alpha value is 0.274. The van der Waals surface area contributed by atoms with Crippen molar-refractivity contribution >= 4 is 18.2 Å². The molecule has 0 spiro atoms. The molecule has 6 heteroatoms. The highest BCUT2D eigenvalue weighted by molar-refractivity contribution is 6.68. The normalized spacial score (nSPS) is 28.9. The summed E-state index contributed by atoms with van der Waals surface area (Å²) in [4.78, 5) is 2.22. The molecule has 0 aromatic heterocycles. The largest absolute Gasteiger partial charge is 0.380 e. The molecule has 2 saturated heterocycles. The predicted octanol–water partition coefficient (Wildman–Crippen LogP) is 1.50. The minimum absolute atomic E-state index is 0.0759. The van der Waals surface area contributed by atoms with Crippen LogP contribution in [0.4, 0.5) is 0 Å². The molecule has 0 radical (unpaired) electrons. The highest BCUT2D eigenvalue weighted by atomic mass is 28.4. The van der Waals surface area contributed by atoms with Crippen LogP contribution in [0.15, 0.2) is 0 Å². The van der Waals surface area contributed by atoms with E-state index in [2.05, 4.69) is 43.7 Å². The van der Waals surface area contributed by atoms with Crippen LogP contribution in [0.1, 0.15) is 34.1 Å². The topological polar surface area (TPSA) is 24.9 Å². The van der Waals surface area contributed by atoms with Crippen molar-refractivity contribution in [3.8, 4) is 0 Å². The molecule has 2 aliphatic rings. The summed E-state index contributed by atoms with van der Waals surface area (Å²) in [6.45, 7) is 15.3. The molecule has 0 aromatic carbocycles. The van der Waals surface area contributed by atoms with Crippen LogP contribution in [0.3, 0.4) is 0 Å². The zero-order valence-electron chi connectivity index (χ0n) is 13.2. The Balaban J connectivity index is 2.13. The van der Waals surface area contributed by atoms with Gasteiger partial charge in [-0.25, -0.2) is 0 Å². The van der Waals surface area contributed by atoms with Gasteiger partial charge in [0.05, 0.1) is 28.8 Å². The quantitative estimate of drug-likeness (QED) is 0.738. The van der Waals surface area contributed by atoms with E-state index in [1.54, 1.807) is 0 Å². The Morgan fingerprint density at radius 3 is 2.32 bits per heavy atom. The molecule has 0 N–H and O–H groups in total. The molecule has 2 rings (SSSR count). The average Bonchev–Trinajstić information content (AvgIpc) is 2.81. The van der Waals surface area contributed by atoms with E-state index >= 15 is 0 Å². The third-order valence-corrected chi connectivity index (χ3v) is 10.4. The predicted molar refractivity (Wildman–Crippen MR) is 83.8 cm³/mol. The first-order valence-corrected chi connectivity index (χ1v) is 11.6. The molecule has 2 aliphatic heterocycles. The molecule has 1 atom stereocenters. The van der Waals surface area contributed by atoms with Crippen molar-refractivity contribution in [2.75, 3.05) is 26.6 Å². The van der Waals surface area contributed by atoms with Gasteiger partial charge in [-0.1, -0.05) is 27.7 Å². The first-order chi connectivity index (χ1) is 8.87. The van der Waals surface area contributed by atoms with Crippen LogP contribution in [0.5, 0.6) is 0 Å². The van der Waals surface area contributed by atoms with E-state index in [4.69, 9.17) is 8.85 Å². The van der Waals surface area contributed by atoms with Gasteiger partial charge >= 0.3 is 8.56 Å². The van der Waals surface area contributed by atoms with Crippen LogP contribution in [-0.2, 0) is 8.85 Å². The molecule has 0 amide bonds. The van der Waals surface area contributed by atoms with Crippen molar-refractivity contribution in [3.05, 3.63) is 0 Å². The summed E-state index contributed by atoms with van der Waals surface area (Å²) >= 11 is 0. The van der Waals surface area contributed by atoms with E-state index in [9.17, 15) is 0 Å². The summed E-state index contributed by atoms with van der Waals surface area (Å²) < 4.78 is 15.3. The second-order valence-corrected chi connectivity index (χ2v) is 12.2. The van der Waals surface area contributed by atoms with Gasteiger partial charge in [0, 0.05) is 0 Å². The Bertz CT molecular complexity index is 296. The van der Waals surface area contributed by atoms with Crippen molar-refractivity contribution in [3.63, 3.8) is 0 Å². The van der Waals surface area contributed by atoms with Gasteiger partial charge < -0.3 is 13.4 Å². The number of hydrogen-bond acceptors (Lipinski definition) is 4. The fourth-order valence-electron chi connectivity index (χ4n) is 3.52. The fraction of sp³-hybridized carbons (Fsp3) is 1.00. The zero-order valence-corrected chi connectivity index (χ0v) is 15.7. The molecule has 2 heterocycles. The van der Waals surface area contributed by atoms with Crippen molar-refractivity contribution < 1.29 is 8.85 Å². The summed E-state index contributed by atoms with van der Waals surface area (Å²) in [5, 5.41) is 0. The third-order valence-electron chi connectivity index (χ3n) is 4.34. The highest BCUT2D eigenvalue weighted by Gasteiger charge is 2.52. The maximum atomic E-state index is 6.29. The molecular formula is C13H30N2O2Si2. The Morgan fingerprint density at radius 2 is 1.89 bits per heavy atom. The van der Waals surface area contributed by atoms with Crippen molar-refractivity contribution in [2.24, 2.45) is 5.41 Å². The number of hydrogen-bond donors (Lipinski definition) is 0. The summed E-state index contributed by atoms with van der Waals surface area (Å²) in [6.07, 6.45) is 1.38. The highest BCUT2D eigenvalue weighted by Crippen LogP contribution is 2.35. The Morgan fingerprint density at radius 1 is 1.26 bits per heavy atom. The van der Waals surface area contributed by atoms with E-state index in [0.717, 1.165) is 20.0 Å². The van der Waals surface area contributed by atoms with Crippen LogP contribution >= 0.6 is 0 Å². The average molecular weight is 303 g/mol. The van der Waals surface area contributed by atoms with E-state index in [1.165, 1.54) is 19.0 Å². The second-order valence-electron chi connectivity index (χ2n) is 7.06. The first-order valence-electron chi connectivity index (χ1n) is 7.61. The van der Waals surface area contributed by atoms with E-state index < -0.39 is 8.56 Å². The van der Waals surface area contributed by atoms with Crippen LogP contribution in [0, 0.1) is 5.41 Å². The summed E-state index contributed by atoms with van der Waals surface area (Å²) in [5.41, 5.74) is 0.750. The molecule has 0 saturated carbocycles. The maximum absolute atomic E-state index is 6.29. The van der Waals surface area contributed by atoms with E-state index in [1.807, 2.05) is 0 Å². The molecule has 1 unspecified atom stereocenters. The summed E-state index contributed by atoms with van der Waals surface area (Å²) in [6, 6.07) is 1.46.